The first-order chi connectivity index (χ1) is 8.27. The molecule has 0 saturated carbocycles. The van der Waals surface area contributed by atoms with Crippen molar-refractivity contribution in [1.82, 2.24) is 10.2 Å². The van der Waals surface area contributed by atoms with Crippen molar-refractivity contribution in [3.05, 3.63) is 0 Å². The molecule has 0 aliphatic carbocycles. The third-order valence-electron chi connectivity index (χ3n) is 3.90. The Balaban J connectivity index is 1.76. The highest BCUT2D eigenvalue weighted by atomic mass is 16.5. The van der Waals surface area contributed by atoms with E-state index in [-0.39, 0.29) is 0 Å². The van der Waals surface area contributed by atoms with Crippen LogP contribution >= 0.6 is 0 Å². The van der Waals surface area contributed by atoms with Gasteiger partial charge in [-0.1, -0.05) is 13.3 Å². The van der Waals surface area contributed by atoms with Crippen LogP contribution in [0.15, 0.2) is 0 Å². The Kier molecular flexibility index (Phi) is 4.80. The molecule has 0 bridgehead atoms. The fourth-order valence-electron chi connectivity index (χ4n) is 2.72. The van der Waals surface area contributed by atoms with E-state index in [4.69, 9.17) is 4.74 Å². The van der Waals surface area contributed by atoms with E-state index in [9.17, 15) is 4.79 Å². The third-order valence-corrected chi connectivity index (χ3v) is 3.90. The van der Waals surface area contributed by atoms with Crippen LogP contribution in [0.25, 0.3) is 0 Å². The summed E-state index contributed by atoms with van der Waals surface area (Å²) in [6.07, 6.45) is 4.48. The van der Waals surface area contributed by atoms with Gasteiger partial charge in [-0.25, -0.2) is 0 Å². The fraction of sp³-hybridized carbons (Fsp3) is 0.923. The number of piperidine rings is 1. The number of hydrogen-bond donors (Lipinski definition) is 1. The molecule has 0 aromatic carbocycles. The lowest BCUT2D eigenvalue weighted by Gasteiger charge is -2.32. The lowest BCUT2D eigenvalue weighted by atomic mass is 9.91. The van der Waals surface area contributed by atoms with E-state index in [1.54, 1.807) is 0 Å². The number of morpholine rings is 1. The van der Waals surface area contributed by atoms with Crippen LogP contribution in [0.1, 0.15) is 32.6 Å². The number of carbonyl (C=O) groups is 1. The normalized spacial score (nSPS) is 27.8. The molecule has 0 spiro atoms. The summed E-state index contributed by atoms with van der Waals surface area (Å²) in [6.45, 7) is 6.24. The maximum absolute atomic E-state index is 12.1. The van der Waals surface area contributed by atoms with Crippen molar-refractivity contribution >= 4 is 5.91 Å². The second-order valence-corrected chi connectivity index (χ2v) is 5.23. The minimum Gasteiger partial charge on any atom is -0.378 e. The number of amides is 1. The Labute approximate surface area is 104 Å². The molecule has 2 saturated heterocycles. The highest BCUT2D eigenvalue weighted by molar-refractivity contribution is 5.76. The molecular weight excluding hydrogens is 216 g/mol. The van der Waals surface area contributed by atoms with Crippen molar-refractivity contribution in [1.29, 1.82) is 0 Å². The summed E-state index contributed by atoms with van der Waals surface area (Å²) in [4.78, 5) is 14.0. The van der Waals surface area contributed by atoms with Gasteiger partial charge in [-0.2, -0.15) is 0 Å². The van der Waals surface area contributed by atoms with Crippen LogP contribution in [0.3, 0.4) is 0 Å². The van der Waals surface area contributed by atoms with Crippen molar-refractivity contribution in [3.63, 3.8) is 0 Å². The minimum absolute atomic E-state index is 0.299. The quantitative estimate of drug-likeness (QED) is 0.800. The van der Waals surface area contributed by atoms with E-state index in [2.05, 4.69) is 12.2 Å². The van der Waals surface area contributed by atoms with E-state index in [0.717, 1.165) is 19.6 Å². The molecule has 1 amide bonds. The molecule has 4 nitrogen and oxygen atoms in total. The molecule has 0 radical (unpaired) electrons. The largest absolute Gasteiger partial charge is 0.378 e. The molecule has 0 aromatic heterocycles. The molecule has 98 valence electrons. The average Bonchev–Trinajstić information content (AvgIpc) is 2.40. The van der Waals surface area contributed by atoms with E-state index in [0.29, 0.717) is 37.5 Å². The first-order valence-corrected chi connectivity index (χ1v) is 6.86. The molecule has 2 rings (SSSR count). The maximum atomic E-state index is 12.1. The summed E-state index contributed by atoms with van der Waals surface area (Å²) < 4.78 is 5.26. The van der Waals surface area contributed by atoms with Gasteiger partial charge in [0, 0.05) is 25.6 Å². The predicted molar refractivity (Wildman–Crippen MR) is 66.8 cm³/mol. The van der Waals surface area contributed by atoms with Gasteiger partial charge < -0.3 is 15.0 Å². The molecule has 2 aliphatic rings. The smallest absolute Gasteiger partial charge is 0.223 e. The van der Waals surface area contributed by atoms with Crippen LogP contribution < -0.4 is 5.32 Å². The number of rotatable bonds is 3. The number of hydrogen-bond acceptors (Lipinski definition) is 3. The van der Waals surface area contributed by atoms with Gasteiger partial charge in [0.25, 0.3) is 0 Å². The molecule has 2 fully saturated rings. The Morgan fingerprint density at radius 1 is 1.41 bits per heavy atom. The highest BCUT2D eigenvalue weighted by Gasteiger charge is 2.24. The van der Waals surface area contributed by atoms with E-state index >= 15 is 0 Å². The Morgan fingerprint density at radius 3 is 2.82 bits per heavy atom. The molecular formula is C13H24N2O2. The number of nitrogens with one attached hydrogen (secondary N) is 1. The number of carbonyl (C=O) groups excluding carboxylic acids is 1. The van der Waals surface area contributed by atoms with Crippen molar-refractivity contribution in [3.8, 4) is 0 Å². The van der Waals surface area contributed by atoms with Crippen LogP contribution in [0, 0.1) is 5.92 Å². The van der Waals surface area contributed by atoms with Gasteiger partial charge >= 0.3 is 0 Å². The summed E-state index contributed by atoms with van der Waals surface area (Å²) in [5.74, 6) is 0.749. The van der Waals surface area contributed by atoms with Gasteiger partial charge in [-0.3, -0.25) is 4.79 Å². The summed E-state index contributed by atoms with van der Waals surface area (Å²) in [7, 11) is 0. The molecule has 2 heterocycles. The molecule has 0 aromatic rings. The Hall–Kier alpha value is -0.610. The van der Waals surface area contributed by atoms with Crippen molar-refractivity contribution < 1.29 is 9.53 Å². The number of ether oxygens (including phenoxy) is 1. The minimum atomic E-state index is 0.299. The van der Waals surface area contributed by atoms with Gasteiger partial charge in [0.2, 0.25) is 5.91 Å². The predicted octanol–water partition coefficient (Wildman–Crippen LogP) is 1.01. The summed E-state index contributed by atoms with van der Waals surface area (Å²) in [5.41, 5.74) is 0. The molecule has 2 atom stereocenters. The zero-order valence-electron chi connectivity index (χ0n) is 10.8. The molecule has 2 unspecified atom stereocenters. The van der Waals surface area contributed by atoms with Gasteiger partial charge in [0.05, 0.1) is 13.2 Å². The summed E-state index contributed by atoms with van der Waals surface area (Å²) in [6, 6.07) is 0.536. The summed E-state index contributed by atoms with van der Waals surface area (Å²) in [5, 5.41) is 3.53. The second kappa shape index (κ2) is 6.36. The molecule has 1 N–H and O–H groups in total. The standard InChI is InChI=1S/C13H24N2O2/c1-11(12-4-2-3-5-14-12)10-13(16)15-6-8-17-9-7-15/h11-12,14H,2-10H2,1H3. The molecule has 2 aliphatic heterocycles. The fourth-order valence-corrected chi connectivity index (χ4v) is 2.72. The SMILES string of the molecule is CC(CC(=O)N1CCOCC1)C1CCCCN1. The number of nitrogens with zero attached hydrogens (tertiary/aromatic N) is 1. The van der Waals surface area contributed by atoms with Crippen LogP contribution in [0.4, 0.5) is 0 Å². The van der Waals surface area contributed by atoms with Gasteiger partial charge in [0.1, 0.15) is 0 Å². The lowest BCUT2D eigenvalue weighted by molar-refractivity contribution is -0.136. The average molecular weight is 240 g/mol. The van der Waals surface area contributed by atoms with Gasteiger partial charge in [-0.05, 0) is 25.3 Å². The molecule has 17 heavy (non-hydrogen) atoms. The van der Waals surface area contributed by atoms with Gasteiger partial charge in [0.15, 0.2) is 0 Å². The monoisotopic (exact) mass is 240 g/mol. The van der Waals surface area contributed by atoms with Crippen LogP contribution in [-0.2, 0) is 9.53 Å². The van der Waals surface area contributed by atoms with E-state index < -0.39 is 0 Å². The zero-order valence-corrected chi connectivity index (χ0v) is 10.8. The van der Waals surface area contributed by atoms with Crippen molar-refractivity contribution in [2.24, 2.45) is 5.92 Å². The van der Waals surface area contributed by atoms with E-state index in [1.807, 2.05) is 4.90 Å². The van der Waals surface area contributed by atoms with Gasteiger partial charge in [-0.15, -0.1) is 0 Å². The first kappa shape index (κ1) is 12.8. The van der Waals surface area contributed by atoms with Crippen LogP contribution in [-0.4, -0.2) is 49.7 Å². The second-order valence-electron chi connectivity index (χ2n) is 5.23. The van der Waals surface area contributed by atoms with Crippen LogP contribution in [0.5, 0.6) is 0 Å². The van der Waals surface area contributed by atoms with Crippen molar-refractivity contribution in [2.75, 3.05) is 32.8 Å². The lowest BCUT2D eigenvalue weighted by Crippen LogP contribution is -2.44. The van der Waals surface area contributed by atoms with E-state index in [1.165, 1.54) is 19.3 Å². The topological polar surface area (TPSA) is 41.6 Å². The first-order valence-electron chi connectivity index (χ1n) is 6.86. The molecule has 4 heteroatoms. The zero-order chi connectivity index (χ0) is 12.1. The highest BCUT2D eigenvalue weighted by Crippen LogP contribution is 2.19. The third kappa shape index (κ3) is 3.68. The summed E-state index contributed by atoms with van der Waals surface area (Å²) >= 11 is 0. The van der Waals surface area contributed by atoms with Crippen molar-refractivity contribution in [2.45, 2.75) is 38.6 Å². The van der Waals surface area contributed by atoms with Crippen LogP contribution in [0.2, 0.25) is 0 Å². The Bertz CT molecular complexity index is 246. The Morgan fingerprint density at radius 2 is 2.18 bits per heavy atom. The maximum Gasteiger partial charge on any atom is 0.223 e.